The largest absolute Gasteiger partial charge is 0.481 e. The van der Waals surface area contributed by atoms with Crippen LogP contribution >= 0.6 is 0 Å². The van der Waals surface area contributed by atoms with Crippen LogP contribution in [0.2, 0.25) is 0 Å². The third-order valence-electron chi connectivity index (χ3n) is 2.41. The number of tetrazole rings is 1. The Kier molecular flexibility index (Phi) is 4.88. The maximum atomic E-state index is 10.8. The molecule has 1 rings (SSSR count). The molecule has 90 valence electrons. The van der Waals surface area contributed by atoms with Gasteiger partial charge in [-0.2, -0.15) is 0 Å². The zero-order valence-corrected chi connectivity index (χ0v) is 9.76. The van der Waals surface area contributed by atoms with Crippen LogP contribution in [0.4, 0.5) is 0 Å². The van der Waals surface area contributed by atoms with Gasteiger partial charge in [-0.15, -0.1) is 5.10 Å². The maximum absolute atomic E-state index is 10.8. The normalized spacial score (nSPS) is 12.6. The van der Waals surface area contributed by atoms with Crippen molar-refractivity contribution in [1.29, 1.82) is 0 Å². The molecular formula is C10H18N4O2. The number of rotatable bonds is 7. The van der Waals surface area contributed by atoms with Gasteiger partial charge in [-0.1, -0.05) is 20.3 Å². The molecule has 0 aliphatic rings. The van der Waals surface area contributed by atoms with Crippen molar-refractivity contribution < 1.29 is 9.90 Å². The topological polar surface area (TPSA) is 80.9 Å². The van der Waals surface area contributed by atoms with Crippen LogP contribution in [0.5, 0.6) is 0 Å². The van der Waals surface area contributed by atoms with Gasteiger partial charge in [-0.05, 0) is 23.3 Å². The first-order valence-corrected chi connectivity index (χ1v) is 5.67. The van der Waals surface area contributed by atoms with Crippen LogP contribution in [0, 0.1) is 0 Å². The van der Waals surface area contributed by atoms with E-state index >= 15 is 0 Å². The van der Waals surface area contributed by atoms with E-state index in [0.717, 1.165) is 31.5 Å². The van der Waals surface area contributed by atoms with Crippen LogP contribution in [0.15, 0.2) is 0 Å². The highest BCUT2D eigenvalue weighted by molar-refractivity contribution is 5.67. The third kappa shape index (κ3) is 3.29. The van der Waals surface area contributed by atoms with Crippen LogP contribution in [0.1, 0.15) is 51.4 Å². The summed E-state index contributed by atoms with van der Waals surface area (Å²) >= 11 is 0. The van der Waals surface area contributed by atoms with E-state index in [4.69, 9.17) is 5.11 Å². The van der Waals surface area contributed by atoms with E-state index in [-0.39, 0.29) is 12.5 Å². The van der Waals surface area contributed by atoms with Crippen LogP contribution in [-0.4, -0.2) is 31.3 Å². The molecule has 16 heavy (non-hydrogen) atoms. The van der Waals surface area contributed by atoms with Crippen molar-refractivity contribution in [2.45, 2.75) is 52.0 Å². The van der Waals surface area contributed by atoms with E-state index in [1.165, 1.54) is 0 Å². The molecule has 0 aromatic carbocycles. The van der Waals surface area contributed by atoms with Crippen molar-refractivity contribution in [2.24, 2.45) is 0 Å². The molecule has 0 spiro atoms. The van der Waals surface area contributed by atoms with Gasteiger partial charge in [0.2, 0.25) is 0 Å². The van der Waals surface area contributed by atoms with Crippen molar-refractivity contribution in [2.75, 3.05) is 0 Å². The molecule has 1 aromatic heterocycles. The molecule has 0 bridgehead atoms. The van der Waals surface area contributed by atoms with Gasteiger partial charge in [0.25, 0.3) is 0 Å². The van der Waals surface area contributed by atoms with Crippen molar-refractivity contribution in [3.8, 4) is 0 Å². The second kappa shape index (κ2) is 6.19. The van der Waals surface area contributed by atoms with Gasteiger partial charge in [-0.3, -0.25) is 4.79 Å². The molecule has 6 heteroatoms. The molecule has 1 unspecified atom stereocenters. The number of hydrogen-bond acceptors (Lipinski definition) is 4. The lowest BCUT2D eigenvalue weighted by molar-refractivity contribution is -0.138. The number of nitrogens with zero attached hydrogens (tertiary/aromatic N) is 4. The number of carbonyl (C=O) groups is 1. The minimum absolute atomic E-state index is 0.0790. The Morgan fingerprint density at radius 3 is 2.75 bits per heavy atom. The minimum Gasteiger partial charge on any atom is -0.481 e. The fourth-order valence-corrected chi connectivity index (χ4v) is 1.73. The van der Waals surface area contributed by atoms with Gasteiger partial charge in [0.15, 0.2) is 5.82 Å². The minimum atomic E-state index is -0.809. The van der Waals surface area contributed by atoms with Crippen molar-refractivity contribution in [1.82, 2.24) is 20.2 Å². The summed E-state index contributed by atoms with van der Waals surface area (Å²) in [5, 5.41) is 20.3. The Bertz CT molecular complexity index is 337. The van der Waals surface area contributed by atoms with Crippen LogP contribution < -0.4 is 0 Å². The Morgan fingerprint density at radius 1 is 1.44 bits per heavy atom. The van der Waals surface area contributed by atoms with Crippen LogP contribution in [0.25, 0.3) is 0 Å². The predicted molar refractivity (Wildman–Crippen MR) is 58.0 cm³/mol. The van der Waals surface area contributed by atoms with Gasteiger partial charge < -0.3 is 5.11 Å². The van der Waals surface area contributed by atoms with E-state index in [2.05, 4.69) is 15.5 Å². The average molecular weight is 226 g/mol. The molecule has 1 aromatic rings. The summed E-state index contributed by atoms with van der Waals surface area (Å²) in [6, 6.07) is -0.126. The first-order valence-electron chi connectivity index (χ1n) is 5.67. The van der Waals surface area contributed by atoms with Crippen molar-refractivity contribution in [3.05, 3.63) is 5.82 Å². The zero-order chi connectivity index (χ0) is 12.0. The lowest BCUT2D eigenvalue weighted by Gasteiger charge is -2.15. The van der Waals surface area contributed by atoms with E-state index in [1.54, 1.807) is 4.68 Å². The maximum Gasteiger partial charge on any atom is 0.305 e. The summed E-state index contributed by atoms with van der Waals surface area (Å²) in [7, 11) is 0. The SMILES string of the molecule is CCCc1nnnn1C(CCC)CC(=O)O. The molecule has 6 nitrogen and oxygen atoms in total. The van der Waals surface area contributed by atoms with E-state index in [0.29, 0.717) is 0 Å². The zero-order valence-electron chi connectivity index (χ0n) is 9.76. The highest BCUT2D eigenvalue weighted by atomic mass is 16.4. The van der Waals surface area contributed by atoms with E-state index < -0.39 is 5.97 Å². The molecule has 0 aliphatic heterocycles. The molecule has 1 N–H and O–H groups in total. The molecule has 1 heterocycles. The standard InChI is InChI=1S/C10H18N4O2/c1-3-5-8(7-10(15)16)14-9(6-4-2)11-12-13-14/h8H,3-7H2,1-2H3,(H,15,16). The van der Waals surface area contributed by atoms with Gasteiger partial charge in [0.05, 0.1) is 12.5 Å². The molecule has 0 saturated heterocycles. The predicted octanol–water partition coefficient (Wildman–Crippen LogP) is 1.44. The number of aryl methyl sites for hydroxylation is 1. The quantitative estimate of drug-likeness (QED) is 0.760. The second-order valence-corrected chi connectivity index (χ2v) is 3.83. The fraction of sp³-hybridized carbons (Fsp3) is 0.800. The van der Waals surface area contributed by atoms with Crippen LogP contribution in [0.3, 0.4) is 0 Å². The Balaban J connectivity index is 2.82. The summed E-state index contributed by atoms with van der Waals surface area (Å²) in [4.78, 5) is 10.8. The number of hydrogen-bond donors (Lipinski definition) is 1. The van der Waals surface area contributed by atoms with Gasteiger partial charge >= 0.3 is 5.97 Å². The molecule has 0 fully saturated rings. The average Bonchev–Trinajstić information content (AvgIpc) is 2.65. The number of carboxylic acids is 1. The summed E-state index contributed by atoms with van der Waals surface area (Å²) in [6.45, 7) is 4.07. The Hall–Kier alpha value is -1.46. The molecule has 0 radical (unpaired) electrons. The summed E-state index contributed by atoms with van der Waals surface area (Å²) in [5.41, 5.74) is 0. The Labute approximate surface area is 94.7 Å². The highest BCUT2D eigenvalue weighted by Crippen LogP contribution is 2.18. The lowest BCUT2D eigenvalue weighted by atomic mass is 10.1. The first kappa shape index (κ1) is 12.6. The molecule has 0 saturated carbocycles. The molecule has 1 atom stereocenters. The van der Waals surface area contributed by atoms with Gasteiger partial charge in [0.1, 0.15) is 0 Å². The van der Waals surface area contributed by atoms with Gasteiger partial charge in [0, 0.05) is 6.42 Å². The molecular weight excluding hydrogens is 208 g/mol. The fourth-order valence-electron chi connectivity index (χ4n) is 1.73. The van der Waals surface area contributed by atoms with Gasteiger partial charge in [-0.25, -0.2) is 4.68 Å². The number of carboxylic acid groups (broad SMARTS) is 1. The Morgan fingerprint density at radius 2 is 2.19 bits per heavy atom. The second-order valence-electron chi connectivity index (χ2n) is 3.83. The smallest absolute Gasteiger partial charge is 0.305 e. The first-order chi connectivity index (χ1) is 7.69. The van der Waals surface area contributed by atoms with E-state index in [9.17, 15) is 4.79 Å². The summed E-state index contributed by atoms with van der Waals surface area (Å²) in [6.07, 6.45) is 3.52. The van der Waals surface area contributed by atoms with Crippen molar-refractivity contribution in [3.63, 3.8) is 0 Å². The van der Waals surface area contributed by atoms with Crippen LogP contribution in [-0.2, 0) is 11.2 Å². The molecule has 0 aliphatic carbocycles. The van der Waals surface area contributed by atoms with E-state index in [1.807, 2.05) is 13.8 Å². The highest BCUT2D eigenvalue weighted by Gasteiger charge is 2.18. The third-order valence-corrected chi connectivity index (χ3v) is 2.41. The van der Waals surface area contributed by atoms with Crippen molar-refractivity contribution >= 4 is 5.97 Å². The summed E-state index contributed by atoms with van der Waals surface area (Å²) < 4.78 is 1.67. The monoisotopic (exact) mass is 226 g/mol. The summed E-state index contributed by atoms with van der Waals surface area (Å²) in [5.74, 6) is -0.0291. The number of aliphatic carboxylic acids is 1. The molecule has 0 amide bonds. The number of aromatic nitrogens is 4. The lowest BCUT2D eigenvalue weighted by Crippen LogP contribution is -2.17.